The molecule has 1 heterocycles. The number of ether oxygens (including phenoxy) is 1. The molecule has 0 aliphatic heterocycles. The highest BCUT2D eigenvalue weighted by atomic mass is 32.1. The van der Waals surface area contributed by atoms with Crippen molar-refractivity contribution in [2.24, 2.45) is 0 Å². The summed E-state index contributed by atoms with van der Waals surface area (Å²) in [5.74, 6) is 0.413. The molecule has 1 rings (SSSR count). The van der Waals surface area contributed by atoms with Gasteiger partial charge in [-0.3, -0.25) is 4.79 Å². The van der Waals surface area contributed by atoms with E-state index in [2.05, 4.69) is 13.8 Å². The molecule has 60 valence electrons. The highest BCUT2D eigenvalue weighted by Crippen LogP contribution is 2.31. The highest BCUT2D eigenvalue weighted by molar-refractivity contribution is 7.12. The van der Waals surface area contributed by atoms with Crippen LogP contribution in [0, 0.1) is 0 Å². The van der Waals surface area contributed by atoms with E-state index in [4.69, 9.17) is 4.74 Å². The smallest absolute Gasteiger partial charge is 0.299 e. The summed E-state index contributed by atoms with van der Waals surface area (Å²) >= 11 is 1.45. The summed E-state index contributed by atoms with van der Waals surface area (Å²) in [6.07, 6.45) is 0. The molecule has 1 aromatic rings. The first kappa shape index (κ1) is 8.27. The van der Waals surface area contributed by atoms with Gasteiger partial charge in [0.1, 0.15) is 0 Å². The maximum absolute atomic E-state index is 10.0. The Hall–Kier alpha value is -0.830. The fourth-order valence-corrected chi connectivity index (χ4v) is 1.75. The van der Waals surface area contributed by atoms with Gasteiger partial charge in [-0.2, -0.15) is 0 Å². The molecule has 0 bridgehead atoms. The second kappa shape index (κ2) is 3.53. The first-order chi connectivity index (χ1) is 5.25. The van der Waals surface area contributed by atoms with Crippen molar-refractivity contribution in [1.82, 2.24) is 0 Å². The van der Waals surface area contributed by atoms with Crippen LogP contribution in [0.25, 0.3) is 0 Å². The molecule has 0 radical (unpaired) electrons. The van der Waals surface area contributed by atoms with E-state index >= 15 is 0 Å². The van der Waals surface area contributed by atoms with Crippen molar-refractivity contribution in [2.45, 2.75) is 19.8 Å². The third-order valence-corrected chi connectivity index (χ3v) is 2.25. The van der Waals surface area contributed by atoms with Crippen molar-refractivity contribution in [3.8, 4) is 5.06 Å². The Balaban J connectivity index is 2.86. The maximum Gasteiger partial charge on any atom is 0.299 e. The Morgan fingerprint density at radius 1 is 1.64 bits per heavy atom. The van der Waals surface area contributed by atoms with Crippen molar-refractivity contribution >= 4 is 17.8 Å². The van der Waals surface area contributed by atoms with Crippen LogP contribution in [0.4, 0.5) is 0 Å². The summed E-state index contributed by atoms with van der Waals surface area (Å²) in [7, 11) is 0. The van der Waals surface area contributed by atoms with Crippen LogP contribution in [-0.4, -0.2) is 6.47 Å². The van der Waals surface area contributed by atoms with E-state index in [0.29, 0.717) is 12.4 Å². The lowest BCUT2D eigenvalue weighted by Gasteiger charge is -2.02. The summed E-state index contributed by atoms with van der Waals surface area (Å²) in [6.45, 7) is 4.61. The van der Waals surface area contributed by atoms with Gasteiger partial charge < -0.3 is 4.74 Å². The first-order valence-electron chi connectivity index (χ1n) is 3.43. The van der Waals surface area contributed by atoms with E-state index < -0.39 is 0 Å². The van der Waals surface area contributed by atoms with Gasteiger partial charge in [-0.1, -0.05) is 13.8 Å². The molecule has 0 spiro atoms. The standard InChI is InChI=1S/C8H10O2S/c1-6(2)7-3-4-11-8(7)10-5-9/h3-6H,1-2H3. The lowest BCUT2D eigenvalue weighted by molar-refractivity contribution is -0.120. The third-order valence-electron chi connectivity index (χ3n) is 1.44. The maximum atomic E-state index is 10.0. The zero-order valence-corrected chi connectivity index (χ0v) is 7.35. The normalized spacial score (nSPS) is 10.1. The quantitative estimate of drug-likeness (QED) is 0.651. The van der Waals surface area contributed by atoms with Crippen LogP contribution in [0.15, 0.2) is 11.4 Å². The Kier molecular flexibility index (Phi) is 2.65. The second-order valence-corrected chi connectivity index (χ2v) is 3.41. The van der Waals surface area contributed by atoms with Gasteiger partial charge in [0.2, 0.25) is 0 Å². The molecule has 0 fully saturated rings. The lowest BCUT2D eigenvalue weighted by Crippen LogP contribution is -1.91. The fraction of sp³-hybridized carbons (Fsp3) is 0.375. The number of carbonyl (C=O) groups is 1. The van der Waals surface area contributed by atoms with E-state index in [9.17, 15) is 4.79 Å². The topological polar surface area (TPSA) is 26.3 Å². The molecule has 0 saturated carbocycles. The number of thiophene rings is 1. The Morgan fingerprint density at radius 3 is 2.91 bits per heavy atom. The molecule has 0 aliphatic rings. The largest absolute Gasteiger partial charge is 0.417 e. The van der Waals surface area contributed by atoms with Crippen LogP contribution in [0.5, 0.6) is 5.06 Å². The molecule has 0 N–H and O–H groups in total. The average molecular weight is 170 g/mol. The van der Waals surface area contributed by atoms with E-state index in [1.807, 2.05) is 11.4 Å². The van der Waals surface area contributed by atoms with Crippen molar-refractivity contribution in [2.75, 3.05) is 0 Å². The lowest BCUT2D eigenvalue weighted by atomic mass is 10.1. The molecule has 1 aromatic heterocycles. The van der Waals surface area contributed by atoms with E-state index in [-0.39, 0.29) is 0 Å². The molecule has 0 aromatic carbocycles. The van der Waals surface area contributed by atoms with Crippen molar-refractivity contribution in [3.63, 3.8) is 0 Å². The van der Waals surface area contributed by atoms with Crippen LogP contribution in [0.2, 0.25) is 0 Å². The summed E-state index contributed by atoms with van der Waals surface area (Å²) in [5, 5.41) is 2.64. The predicted octanol–water partition coefficient (Wildman–Crippen LogP) is 2.41. The number of carbonyl (C=O) groups excluding carboxylic acids is 1. The third kappa shape index (κ3) is 1.80. The molecular weight excluding hydrogens is 160 g/mol. The predicted molar refractivity (Wildman–Crippen MR) is 45.1 cm³/mol. The van der Waals surface area contributed by atoms with Gasteiger partial charge in [-0.25, -0.2) is 0 Å². The molecule has 0 saturated heterocycles. The van der Waals surface area contributed by atoms with Gasteiger partial charge in [0.25, 0.3) is 6.47 Å². The molecular formula is C8H10O2S. The van der Waals surface area contributed by atoms with Crippen molar-refractivity contribution in [1.29, 1.82) is 0 Å². The Bertz CT molecular complexity index is 240. The van der Waals surface area contributed by atoms with Crippen LogP contribution >= 0.6 is 11.3 Å². The number of hydrogen-bond acceptors (Lipinski definition) is 3. The molecule has 0 atom stereocenters. The zero-order valence-electron chi connectivity index (χ0n) is 6.53. The van der Waals surface area contributed by atoms with E-state index in [1.165, 1.54) is 11.3 Å². The molecule has 3 heteroatoms. The molecule has 0 unspecified atom stereocenters. The van der Waals surface area contributed by atoms with E-state index in [1.54, 1.807) is 0 Å². The molecule has 11 heavy (non-hydrogen) atoms. The number of hydrogen-bond donors (Lipinski definition) is 0. The van der Waals surface area contributed by atoms with Crippen LogP contribution in [-0.2, 0) is 4.79 Å². The highest BCUT2D eigenvalue weighted by Gasteiger charge is 2.08. The Labute approximate surface area is 69.8 Å². The molecule has 2 nitrogen and oxygen atoms in total. The van der Waals surface area contributed by atoms with Gasteiger partial charge in [-0.05, 0) is 17.4 Å². The van der Waals surface area contributed by atoms with Crippen molar-refractivity contribution in [3.05, 3.63) is 17.0 Å². The van der Waals surface area contributed by atoms with Crippen molar-refractivity contribution < 1.29 is 9.53 Å². The first-order valence-corrected chi connectivity index (χ1v) is 4.31. The van der Waals surface area contributed by atoms with Crippen LogP contribution in [0.3, 0.4) is 0 Å². The van der Waals surface area contributed by atoms with Gasteiger partial charge in [0, 0.05) is 5.56 Å². The van der Waals surface area contributed by atoms with Crippen LogP contribution < -0.4 is 4.74 Å². The fourth-order valence-electron chi connectivity index (χ4n) is 0.873. The average Bonchev–Trinajstić information content (AvgIpc) is 2.36. The van der Waals surface area contributed by atoms with Gasteiger partial charge in [-0.15, -0.1) is 11.3 Å². The van der Waals surface area contributed by atoms with Gasteiger partial charge in [0.15, 0.2) is 5.06 Å². The van der Waals surface area contributed by atoms with Gasteiger partial charge >= 0.3 is 0 Å². The summed E-state index contributed by atoms with van der Waals surface area (Å²) in [5.41, 5.74) is 1.10. The minimum absolute atomic E-state index is 0.413. The monoisotopic (exact) mass is 170 g/mol. The summed E-state index contributed by atoms with van der Waals surface area (Å²) in [4.78, 5) is 10.0. The minimum Gasteiger partial charge on any atom is -0.417 e. The summed E-state index contributed by atoms with van der Waals surface area (Å²) in [6, 6.07) is 1.98. The minimum atomic E-state index is 0.413. The molecule has 0 amide bonds. The summed E-state index contributed by atoms with van der Waals surface area (Å²) < 4.78 is 4.78. The van der Waals surface area contributed by atoms with Gasteiger partial charge in [0.05, 0.1) is 0 Å². The zero-order chi connectivity index (χ0) is 8.27. The second-order valence-electron chi connectivity index (χ2n) is 2.53. The molecule has 0 aliphatic carbocycles. The Morgan fingerprint density at radius 2 is 2.36 bits per heavy atom. The van der Waals surface area contributed by atoms with Crippen LogP contribution in [0.1, 0.15) is 25.3 Å². The van der Waals surface area contributed by atoms with E-state index in [0.717, 1.165) is 10.6 Å². The SMILES string of the molecule is CC(C)c1ccsc1OC=O. The number of rotatable bonds is 3.